The smallest absolute Gasteiger partial charge is 0.307 e. The molecule has 0 bridgehead atoms. The summed E-state index contributed by atoms with van der Waals surface area (Å²) in [5.41, 5.74) is 7.53. The van der Waals surface area contributed by atoms with Crippen LogP contribution in [0, 0.1) is 13.8 Å². The van der Waals surface area contributed by atoms with E-state index in [0.717, 1.165) is 16.8 Å². The lowest BCUT2D eigenvalue weighted by Gasteiger charge is -2.12. The number of hydrogen-bond acceptors (Lipinski definition) is 6. The molecule has 196 valence electrons. The summed E-state index contributed by atoms with van der Waals surface area (Å²) in [4.78, 5) is 12.5. The number of rotatable bonds is 11. The standard InChI is InChI=1S/C30H31N3O5/c1-6-7-23-16-22(17-28(35-4)29(23)36-5)18-31-32-30(34)27-15-14-26(38-27)19-37-25-12-10-24(11-13-25)33-20(2)8-9-21(33)3/h6,8-18H,1,7,19H2,2-5H3,(H,32,34)/b31-18+. The number of aromatic nitrogens is 1. The molecule has 0 spiro atoms. The van der Waals surface area contributed by atoms with Gasteiger partial charge in [0.1, 0.15) is 18.1 Å². The number of benzene rings is 2. The van der Waals surface area contributed by atoms with E-state index in [1.54, 1.807) is 38.5 Å². The van der Waals surface area contributed by atoms with Gasteiger partial charge in [0.25, 0.3) is 0 Å². The van der Waals surface area contributed by atoms with E-state index in [9.17, 15) is 4.79 Å². The molecule has 0 saturated carbocycles. The second-order valence-corrected chi connectivity index (χ2v) is 8.61. The summed E-state index contributed by atoms with van der Waals surface area (Å²) in [6.45, 7) is 8.12. The van der Waals surface area contributed by atoms with Gasteiger partial charge in [-0.2, -0.15) is 5.10 Å². The summed E-state index contributed by atoms with van der Waals surface area (Å²) in [5, 5.41) is 4.05. The predicted molar refractivity (Wildman–Crippen MR) is 147 cm³/mol. The first-order chi connectivity index (χ1) is 18.4. The minimum atomic E-state index is -0.471. The Morgan fingerprint density at radius 2 is 1.76 bits per heavy atom. The van der Waals surface area contributed by atoms with Crippen LogP contribution in [0.4, 0.5) is 0 Å². The molecule has 1 amide bonds. The van der Waals surface area contributed by atoms with E-state index in [-0.39, 0.29) is 12.4 Å². The van der Waals surface area contributed by atoms with Gasteiger partial charge in [-0.25, -0.2) is 5.43 Å². The highest BCUT2D eigenvalue weighted by atomic mass is 16.5. The molecule has 0 aliphatic carbocycles. The Morgan fingerprint density at radius 1 is 1.03 bits per heavy atom. The lowest BCUT2D eigenvalue weighted by molar-refractivity contribution is 0.0923. The number of methoxy groups -OCH3 is 2. The highest BCUT2D eigenvalue weighted by Crippen LogP contribution is 2.32. The molecule has 8 heteroatoms. The summed E-state index contributed by atoms with van der Waals surface area (Å²) < 4.78 is 24.5. The largest absolute Gasteiger partial charge is 0.493 e. The van der Waals surface area contributed by atoms with Gasteiger partial charge in [0, 0.05) is 22.6 Å². The number of nitrogens with zero attached hydrogens (tertiary/aromatic N) is 2. The van der Waals surface area contributed by atoms with Gasteiger partial charge in [-0.3, -0.25) is 4.79 Å². The van der Waals surface area contributed by atoms with E-state index in [0.29, 0.717) is 29.4 Å². The van der Waals surface area contributed by atoms with E-state index in [1.807, 2.05) is 30.3 Å². The minimum Gasteiger partial charge on any atom is -0.493 e. The van der Waals surface area contributed by atoms with Gasteiger partial charge >= 0.3 is 5.91 Å². The van der Waals surface area contributed by atoms with Crippen molar-refractivity contribution >= 4 is 12.1 Å². The molecular weight excluding hydrogens is 482 g/mol. The van der Waals surface area contributed by atoms with Crippen molar-refractivity contribution in [2.24, 2.45) is 5.10 Å². The quantitative estimate of drug-likeness (QED) is 0.156. The van der Waals surface area contributed by atoms with E-state index < -0.39 is 5.91 Å². The Bertz CT molecular complexity index is 1430. The van der Waals surface area contributed by atoms with Crippen LogP contribution >= 0.6 is 0 Å². The third kappa shape index (κ3) is 5.98. The molecule has 38 heavy (non-hydrogen) atoms. The van der Waals surface area contributed by atoms with Gasteiger partial charge in [0.15, 0.2) is 17.3 Å². The van der Waals surface area contributed by atoms with Crippen LogP contribution in [-0.4, -0.2) is 30.9 Å². The first kappa shape index (κ1) is 26.3. The molecule has 0 saturated heterocycles. The number of hydrazone groups is 1. The molecule has 0 atom stereocenters. The summed E-state index contributed by atoms with van der Waals surface area (Å²) >= 11 is 0. The molecule has 8 nitrogen and oxygen atoms in total. The maximum absolute atomic E-state index is 12.5. The first-order valence-electron chi connectivity index (χ1n) is 12.1. The number of furan rings is 1. The zero-order chi connectivity index (χ0) is 27.1. The first-order valence-corrected chi connectivity index (χ1v) is 12.1. The van der Waals surface area contributed by atoms with Crippen molar-refractivity contribution in [2.75, 3.05) is 14.2 Å². The Kier molecular flexibility index (Phi) is 8.33. The van der Waals surface area contributed by atoms with Gasteiger partial charge in [-0.1, -0.05) is 6.08 Å². The Balaban J connectivity index is 1.34. The summed E-state index contributed by atoms with van der Waals surface area (Å²) in [6.07, 6.45) is 3.90. The highest BCUT2D eigenvalue weighted by Gasteiger charge is 2.13. The number of hydrogen-bond donors (Lipinski definition) is 1. The maximum Gasteiger partial charge on any atom is 0.307 e. The van der Waals surface area contributed by atoms with Crippen LogP contribution in [0.5, 0.6) is 17.2 Å². The lowest BCUT2D eigenvalue weighted by atomic mass is 10.1. The summed E-state index contributed by atoms with van der Waals surface area (Å²) in [5.74, 6) is 2.10. The van der Waals surface area contributed by atoms with E-state index >= 15 is 0 Å². The molecule has 0 aliphatic heterocycles. The Hall–Kier alpha value is -4.72. The average molecular weight is 514 g/mol. The van der Waals surface area contributed by atoms with Crippen LogP contribution in [0.25, 0.3) is 5.69 Å². The molecule has 0 radical (unpaired) electrons. The highest BCUT2D eigenvalue weighted by molar-refractivity contribution is 5.92. The molecular formula is C30H31N3O5. The van der Waals surface area contributed by atoms with E-state index in [2.05, 4.69) is 47.7 Å². The number of allylic oxidation sites excluding steroid dienone is 1. The van der Waals surface area contributed by atoms with Gasteiger partial charge < -0.3 is 23.2 Å². The Morgan fingerprint density at radius 3 is 2.42 bits per heavy atom. The van der Waals surface area contributed by atoms with Gasteiger partial charge in [-0.05, 0) is 86.5 Å². The number of carbonyl (C=O) groups excluding carboxylic acids is 1. The Labute approximate surface area is 222 Å². The molecule has 2 heterocycles. The van der Waals surface area contributed by atoms with Crippen molar-refractivity contribution in [3.05, 3.63) is 107 Å². The minimum absolute atomic E-state index is 0.134. The SMILES string of the molecule is C=CCc1cc(/C=N/NC(=O)c2ccc(COc3ccc(-n4c(C)ccc4C)cc3)o2)cc(OC)c1OC. The fourth-order valence-electron chi connectivity index (χ4n) is 4.17. The molecule has 2 aromatic carbocycles. The van der Waals surface area contributed by atoms with Crippen LogP contribution in [-0.2, 0) is 13.0 Å². The summed E-state index contributed by atoms with van der Waals surface area (Å²) in [6, 6.07) is 19.0. The van der Waals surface area contributed by atoms with Crippen molar-refractivity contribution in [1.82, 2.24) is 9.99 Å². The van der Waals surface area contributed by atoms with Crippen LogP contribution < -0.4 is 19.6 Å². The van der Waals surface area contributed by atoms with Crippen LogP contribution in [0.3, 0.4) is 0 Å². The summed E-state index contributed by atoms with van der Waals surface area (Å²) in [7, 11) is 3.15. The topological polar surface area (TPSA) is 87.2 Å². The lowest BCUT2D eigenvalue weighted by Crippen LogP contribution is -2.16. The van der Waals surface area contributed by atoms with Crippen LogP contribution in [0.1, 0.15) is 38.8 Å². The van der Waals surface area contributed by atoms with Crippen molar-refractivity contribution < 1.29 is 23.4 Å². The van der Waals surface area contributed by atoms with Crippen molar-refractivity contribution in [3.63, 3.8) is 0 Å². The monoisotopic (exact) mass is 513 g/mol. The average Bonchev–Trinajstić information content (AvgIpc) is 3.53. The zero-order valence-corrected chi connectivity index (χ0v) is 22.0. The second kappa shape index (κ2) is 12.0. The number of carbonyl (C=O) groups is 1. The molecule has 0 fully saturated rings. The molecule has 0 unspecified atom stereocenters. The van der Waals surface area contributed by atoms with Crippen molar-refractivity contribution in [2.45, 2.75) is 26.9 Å². The van der Waals surface area contributed by atoms with Crippen LogP contribution in [0.2, 0.25) is 0 Å². The fourth-order valence-corrected chi connectivity index (χ4v) is 4.17. The number of nitrogens with one attached hydrogen (secondary N) is 1. The number of ether oxygens (including phenoxy) is 3. The number of aryl methyl sites for hydroxylation is 2. The maximum atomic E-state index is 12.5. The number of amides is 1. The molecule has 4 rings (SSSR count). The molecule has 1 N–H and O–H groups in total. The third-order valence-electron chi connectivity index (χ3n) is 5.95. The van der Waals surface area contributed by atoms with Gasteiger partial charge in [0.2, 0.25) is 0 Å². The third-order valence-corrected chi connectivity index (χ3v) is 5.95. The van der Waals surface area contributed by atoms with E-state index in [4.69, 9.17) is 18.6 Å². The molecule has 0 aliphatic rings. The normalized spacial score (nSPS) is 10.9. The zero-order valence-electron chi connectivity index (χ0n) is 22.0. The predicted octanol–water partition coefficient (Wildman–Crippen LogP) is 5.78. The van der Waals surface area contributed by atoms with E-state index in [1.165, 1.54) is 17.6 Å². The molecule has 2 aromatic heterocycles. The van der Waals surface area contributed by atoms with Crippen molar-refractivity contribution in [1.29, 1.82) is 0 Å². The van der Waals surface area contributed by atoms with Gasteiger partial charge in [-0.15, -0.1) is 6.58 Å². The molecule has 4 aromatic rings. The second-order valence-electron chi connectivity index (χ2n) is 8.61. The van der Waals surface area contributed by atoms with Crippen molar-refractivity contribution in [3.8, 4) is 22.9 Å². The van der Waals surface area contributed by atoms with Gasteiger partial charge in [0.05, 0.1) is 20.4 Å². The van der Waals surface area contributed by atoms with Crippen LogP contribution in [0.15, 0.2) is 82.8 Å². The fraction of sp³-hybridized carbons (Fsp3) is 0.200.